The van der Waals surface area contributed by atoms with E-state index in [9.17, 15) is 4.79 Å². The summed E-state index contributed by atoms with van der Waals surface area (Å²) < 4.78 is 6.15. The summed E-state index contributed by atoms with van der Waals surface area (Å²) in [5.41, 5.74) is 2.01. The number of aliphatic imine (C=N–C) groups is 1. The fourth-order valence-electron chi connectivity index (χ4n) is 1.71. The molecule has 0 radical (unpaired) electrons. The fraction of sp³-hybridized carbons (Fsp3) is 0.357. The van der Waals surface area contributed by atoms with Crippen LogP contribution in [0.3, 0.4) is 0 Å². The molecule has 8 heteroatoms. The van der Waals surface area contributed by atoms with Crippen LogP contribution in [0.25, 0.3) is 0 Å². The lowest BCUT2D eigenvalue weighted by Crippen LogP contribution is -2.14. The minimum absolute atomic E-state index is 0.0624. The molecular weight excluding hydrogens is 284 g/mol. The van der Waals surface area contributed by atoms with E-state index in [1.54, 1.807) is 13.1 Å². The van der Waals surface area contributed by atoms with Gasteiger partial charge in [-0.1, -0.05) is 17.2 Å². The Morgan fingerprint density at radius 1 is 1.36 bits per heavy atom. The maximum atomic E-state index is 11.4. The molecule has 0 N–H and O–H groups in total. The van der Waals surface area contributed by atoms with Gasteiger partial charge in [-0.2, -0.15) is 4.68 Å². The number of hydrogen-bond donors (Lipinski definition) is 0. The molecule has 1 heterocycles. The van der Waals surface area contributed by atoms with E-state index in [2.05, 4.69) is 20.5 Å². The molecule has 0 saturated heterocycles. The zero-order valence-corrected chi connectivity index (χ0v) is 12.8. The molecule has 0 spiro atoms. The second kappa shape index (κ2) is 7.30. The summed E-state index contributed by atoms with van der Waals surface area (Å²) in [6.07, 6.45) is 1.65. The molecule has 1 aromatic carbocycles. The van der Waals surface area contributed by atoms with Crippen LogP contribution in [0.15, 0.2) is 29.3 Å². The van der Waals surface area contributed by atoms with Crippen molar-refractivity contribution in [2.24, 2.45) is 4.99 Å². The number of carbonyl (C=O) groups is 1. The van der Waals surface area contributed by atoms with Gasteiger partial charge < -0.3 is 9.64 Å². The van der Waals surface area contributed by atoms with Gasteiger partial charge in [-0.25, -0.2) is 4.99 Å². The molecule has 8 nitrogen and oxygen atoms in total. The Kier molecular flexibility index (Phi) is 5.18. The Labute approximate surface area is 128 Å². The third-order valence-corrected chi connectivity index (χ3v) is 2.84. The third kappa shape index (κ3) is 4.11. The number of aromatic nitrogens is 4. The molecule has 0 amide bonds. The molecule has 0 atom stereocenters. The largest absolute Gasteiger partial charge is 0.465 e. The summed E-state index contributed by atoms with van der Waals surface area (Å²) in [4.78, 5) is 17.7. The lowest BCUT2D eigenvalue weighted by molar-refractivity contribution is -0.144. The molecule has 116 valence electrons. The van der Waals surface area contributed by atoms with Gasteiger partial charge in [0.25, 0.3) is 5.95 Å². The molecular formula is C14H18N6O2. The van der Waals surface area contributed by atoms with Crippen LogP contribution in [0.2, 0.25) is 0 Å². The van der Waals surface area contributed by atoms with E-state index in [1.807, 2.05) is 43.3 Å². The Bertz CT molecular complexity index is 648. The number of esters is 1. The maximum Gasteiger partial charge on any atom is 0.327 e. The molecule has 0 fully saturated rings. The van der Waals surface area contributed by atoms with Crippen molar-refractivity contribution in [1.29, 1.82) is 0 Å². The first-order valence-corrected chi connectivity index (χ1v) is 6.83. The molecule has 0 aliphatic heterocycles. The maximum absolute atomic E-state index is 11.4. The minimum atomic E-state index is -0.401. The molecule has 0 unspecified atom stereocenters. The standard InChI is InChI=1S/C14H18N6O2/c1-4-22-13(21)10-20-14(16-17-18-20)15-9-11-5-7-12(8-6-11)19(2)3/h5-9H,4,10H2,1-3H3. The summed E-state index contributed by atoms with van der Waals surface area (Å²) in [6.45, 7) is 2.00. The predicted octanol–water partition coefficient (Wildman–Crippen LogP) is 1.05. The average Bonchev–Trinajstić information content (AvgIpc) is 2.93. The van der Waals surface area contributed by atoms with Crippen molar-refractivity contribution in [3.05, 3.63) is 29.8 Å². The second-order valence-electron chi connectivity index (χ2n) is 4.69. The first kappa shape index (κ1) is 15.6. The van der Waals surface area contributed by atoms with E-state index < -0.39 is 5.97 Å². The van der Waals surface area contributed by atoms with Crippen molar-refractivity contribution in [3.63, 3.8) is 0 Å². The van der Waals surface area contributed by atoms with Crippen LogP contribution in [0, 0.1) is 0 Å². The summed E-state index contributed by atoms with van der Waals surface area (Å²) in [5.74, 6) is -0.147. The quantitative estimate of drug-likeness (QED) is 0.586. The predicted molar refractivity (Wildman–Crippen MR) is 82.5 cm³/mol. The van der Waals surface area contributed by atoms with Gasteiger partial charge in [-0.15, -0.1) is 0 Å². The summed E-state index contributed by atoms with van der Waals surface area (Å²) >= 11 is 0. The lowest BCUT2D eigenvalue weighted by atomic mass is 10.2. The van der Waals surface area contributed by atoms with Gasteiger partial charge in [-0.05, 0) is 35.0 Å². The minimum Gasteiger partial charge on any atom is -0.465 e. The van der Waals surface area contributed by atoms with Gasteiger partial charge in [0.15, 0.2) is 0 Å². The topological polar surface area (TPSA) is 85.5 Å². The molecule has 2 aromatic rings. The molecule has 1 aromatic heterocycles. The van der Waals surface area contributed by atoms with Gasteiger partial charge in [0.05, 0.1) is 6.61 Å². The highest BCUT2D eigenvalue weighted by Gasteiger charge is 2.09. The Morgan fingerprint density at radius 3 is 2.73 bits per heavy atom. The summed E-state index contributed by atoms with van der Waals surface area (Å²) in [5, 5.41) is 11.0. The van der Waals surface area contributed by atoms with Crippen LogP contribution in [0.5, 0.6) is 0 Å². The molecule has 2 rings (SSSR count). The van der Waals surface area contributed by atoms with Gasteiger partial charge in [0.1, 0.15) is 6.54 Å². The summed E-state index contributed by atoms with van der Waals surface area (Å²) in [6, 6.07) is 7.86. The molecule has 0 bridgehead atoms. The highest BCUT2D eigenvalue weighted by atomic mass is 16.5. The molecule has 0 saturated carbocycles. The number of rotatable bonds is 6. The average molecular weight is 302 g/mol. The number of carbonyl (C=O) groups excluding carboxylic acids is 1. The number of nitrogens with zero attached hydrogens (tertiary/aromatic N) is 6. The highest BCUT2D eigenvalue weighted by molar-refractivity contribution is 5.82. The van der Waals surface area contributed by atoms with Gasteiger partial charge in [-0.3, -0.25) is 4.79 Å². The van der Waals surface area contributed by atoms with E-state index in [1.165, 1.54) is 4.68 Å². The van der Waals surface area contributed by atoms with E-state index >= 15 is 0 Å². The molecule has 22 heavy (non-hydrogen) atoms. The van der Waals surface area contributed by atoms with Crippen LogP contribution >= 0.6 is 0 Å². The highest BCUT2D eigenvalue weighted by Crippen LogP contribution is 2.12. The van der Waals surface area contributed by atoms with Crippen LogP contribution in [-0.2, 0) is 16.1 Å². The Morgan fingerprint density at radius 2 is 2.09 bits per heavy atom. The van der Waals surface area contributed by atoms with Gasteiger partial charge >= 0.3 is 5.97 Å². The Balaban J connectivity index is 2.07. The smallest absolute Gasteiger partial charge is 0.327 e. The van der Waals surface area contributed by atoms with E-state index in [4.69, 9.17) is 4.74 Å². The number of hydrogen-bond acceptors (Lipinski definition) is 7. The molecule has 0 aliphatic carbocycles. The second-order valence-corrected chi connectivity index (χ2v) is 4.69. The number of benzene rings is 1. The van der Waals surface area contributed by atoms with Crippen molar-refractivity contribution >= 4 is 23.8 Å². The van der Waals surface area contributed by atoms with Gasteiger partial charge in [0, 0.05) is 26.0 Å². The zero-order chi connectivity index (χ0) is 15.9. The number of tetrazole rings is 1. The van der Waals surface area contributed by atoms with E-state index in [-0.39, 0.29) is 12.5 Å². The van der Waals surface area contributed by atoms with Crippen molar-refractivity contribution in [3.8, 4) is 0 Å². The first-order valence-electron chi connectivity index (χ1n) is 6.83. The van der Waals surface area contributed by atoms with Crippen LogP contribution in [-0.4, -0.2) is 53.1 Å². The normalized spacial score (nSPS) is 10.9. The fourth-order valence-corrected chi connectivity index (χ4v) is 1.71. The monoisotopic (exact) mass is 302 g/mol. The van der Waals surface area contributed by atoms with Crippen LogP contribution < -0.4 is 4.90 Å². The lowest BCUT2D eigenvalue weighted by Gasteiger charge is -2.11. The summed E-state index contributed by atoms with van der Waals surface area (Å²) in [7, 11) is 3.96. The third-order valence-electron chi connectivity index (χ3n) is 2.84. The SMILES string of the molecule is CCOC(=O)Cn1nnnc1N=Cc1ccc(N(C)C)cc1. The van der Waals surface area contributed by atoms with Gasteiger partial charge in [0.2, 0.25) is 0 Å². The van der Waals surface area contributed by atoms with E-state index in [0.29, 0.717) is 6.61 Å². The zero-order valence-electron chi connectivity index (χ0n) is 12.8. The van der Waals surface area contributed by atoms with E-state index in [0.717, 1.165) is 11.3 Å². The van der Waals surface area contributed by atoms with Crippen molar-refractivity contribution < 1.29 is 9.53 Å². The number of ether oxygens (including phenoxy) is 1. The van der Waals surface area contributed by atoms with Crippen molar-refractivity contribution in [2.45, 2.75) is 13.5 Å². The van der Waals surface area contributed by atoms with Crippen molar-refractivity contribution in [2.75, 3.05) is 25.6 Å². The molecule has 0 aliphatic rings. The number of anilines is 1. The van der Waals surface area contributed by atoms with Crippen LogP contribution in [0.1, 0.15) is 12.5 Å². The first-order chi connectivity index (χ1) is 10.6. The van der Waals surface area contributed by atoms with Crippen molar-refractivity contribution in [1.82, 2.24) is 20.2 Å². The van der Waals surface area contributed by atoms with Crippen LogP contribution in [0.4, 0.5) is 11.6 Å². The Hall–Kier alpha value is -2.77.